The van der Waals surface area contributed by atoms with Crippen LogP contribution in [-0.2, 0) is 6.54 Å². The number of hydrogen-bond acceptors (Lipinski definition) is 6. The van der Waals surface area contributed by atoms with Gasteiger partial charge in [0.1, 0.15) is 10.8 Å². The van der Waals surface area contributed by atoms with Crippen LogP contribution in [0.3, 0.4) is 0 Å². The van der Waals surface area contributed by atoms with Crippen LogP contribution in [0.25, 0.3) is 0 Å². The molecule has 6 nitrogen and oxygen atoms in total. The fourth-order valence-electron chi connectivity index (χ4n) is 1.45. The van der Waals surface area contributed by atoms with Crippen molar-refractivity contribution < 1.29 is 0 Å². The lowest BCUT2D eigenvalue weighted by Gasteiger charge is -2.03. The third kappa shape index (κ3) is 4.08. The van der Waals surface area contributed by atoms with Gasteiger partial charge in [-0.15, -0.1) is 0 Å². The maximum absolute atomic E-state index is 11.3. The molecule has 0 amide bonds. The van der Waals surface area contributed by atoms with E-state index in [1.807, 2.05) is 12.1 Å². The van der Waals surface area contributed by atoms with Gasteiger partial charge in [0.05, 0.1) is 0 Å². The predicted molar refractivity (Wildman–Crippen MR) is 75.0 cm³/mol. The number of rotatable bonds is 5. The zero-order valence-corrected chi connectivity index (χ0v) is 11.3. The Bertz CT molecular complexity index is 596. The van der Waals surface area contributed by atoms with Crippen molar-refractivity contribution in [3.63, 3.8) is 0 Å². The molecule has 0 saturated heterocycles. The number of H-pyrrole nitrogens is 1. The molecule has 0 saturated carbocycles. The molecular formula is C12H15N5OS. The topological polar surface area (TPSA) is 96.7 Å². The van der Waals surface area contributed by atoms with E-state index in [4.69, 9.17) is 5.73 Å². The van der Waals surface area contributed by atoms with Gasteiger partial charge in [0.2, 0.25) is 0 Å². The van der Waals surface area contributed by atoms with Crippen molar-refractivity contribution in [1.29, 1.82) is 0 Å². The molecule has 0 atom stereocenters. The number of aromatic amines is 1. The SMILES string of the molecule is CCNCc1ccc(Sc2nc(N)cc(=O)[nH]2)nc1. The summed E-state index contributed by atoms with van der Waals surface area (Å²) < 4.78 is 0. The first-order valence-corrected chi connectivity index (χ1v) is 6.69. The largest absolute Gasteiger partial charge is 0.383 e. The van der Waals surface area contributed by atoms with Gasteiger partial charge in [0.25, 0.3) is 5.56 Å². The third-order valence-corrected chi connectivity index (χ3v) is 3.16. The number of anilines is 1. The second-order valence-electron chi connectivity index (χ2n) is 3.86. The number of nitrogens with one attached hydrogen (secondary N) is 2. The van der Waals surface area contributed by atoms with Gasteiger partial charge < -0.3 is 16.0 Å². The van der Waals surface area contributed by atoms with Crippen molar-refractivity contribution in [1.82, 2.24) is 20.3 Å². The highest BCUT2D eigenvalue weighted by atomic mass is 32.2. The lowest BCUT2D eigenvalue weighted by molar-refractivity contribution is 0.723. The lowest BCUT2D eigenvalue weighted by Crippen LogP contribution is -2.11. The smallest absolute Gasteiger partial charge is 0.253 e. The average Bonchev–Trinajstić information content (AvgIpc) is 2.37. The molecule has 4 N–H and O–H groups in total. The molecule has 0 aromatic carbocycles. The van der Waals surface area contributed by atoms with E-state index in [2.05, 4.69) is 27.2 Å². The molecule has 2 rings (SSSR count). The van der Waals surface area contributed by atoms with Crippen molar-refractivity contribution in [2.24, 2.45) is 0 Å². The Hall–Kier alpha value is -1.86. The Kier molecular flexibility index (Phi) is 4.53. The predicted octanol–water partition coefficient (Wildman–Crippen LogP) is 1.01. The summed E-state index contributed by atoms with van der Waals surface area (Å²) in [6, 6.07) is 5.12. The monoisotopic (exact) mass is 277 g/mol. The van der Waals surface area contributed by atoms with Gasteiger partial charge in [0, 0.05) is 18.8 Å². The first-order valence-electron chi connectivity index (χ1n) is 5.87. The minimum Gasteiger partial charge on any atom is -0.383 e. The van der Waals surface area contributed by atoms with Gasteiger partial charge in [-0.05, 0) is 29.9 Å². The number of nitrogens with two attached hydrogens (primary N) is 1. The van der Waals surface area contributed by atoms with Crippen LogP contribution in [0, 0.1) is 0 Å². The number of nitrogen functional groups attached to an aromatic ring is 1. The minimum absolute atomic E-state index is 0.204. The summed E-state index contributed by atoms with van der Waals surface area (Å²) in [7, 11) is 0. The van der Waals surface area contributed by atoms with Gasteiger partial charge in [0.15, 0.2) is 5.16 Å². The zero-order chi connectivity index (χ0) is 13.7. The van der Waals surface area contributed by atoms with Crippen LogP contribution in [0.1, 0.15) is 12.5 Å². The highest BCUT2D eigenvalue weighted by Crippen LogP contribution is 2.21. The Morgan fingerprint density at radius 2 is 2.32 bits per heavy atom. The van der Waals surface area contributed by atoms with E-state index in [0.717, 1.165) is 23.7 Å². The standard InChI is InChI=1S/C12H15N5OS/c1-2-14-6-8-3-4-11(15-7-8)19-12-16-9(13)5-10(18)17-12/h3-5,7,14H,2,6H2,1H3,(H3,13,16,17,18). The van der Waals surface area contributed by atoms with Gasteiger partial charge in [-0.25, -0.2) is 9.97 Å². The zero-order valence-electron chi connectivity index (χ0n) is 10.5. The molecule has 19 heavy (non-hydrogen) atoms. The summed E-state index contributed by atoms with van der Waals surface area (Å²) in [6.45, 7) is 3.77. The molecular weight excluding hydrogens is 262 g/mol. The van der Waals surface area contributed by atoms with Gasteiger partial charge in [-0.1, -0.05) is 13.0 Å². The van der Waals surface area contributed by atoms with E-state index in [9.17, 15) is 4.79 Å². The van der Waals surface area contributed by atoms with Crippen LogP contribution >= 0.6 is 11.8 Å². The average molecular weight is 277 g/mol. The third-order valence-electron chi connectivity index (χ3n) is 2.32. The maximum Gasteiger partial charge on any atom is 0.253 e. The molecule has 0 aliphatic rings. The van der Waals surface area contributed by atoms with Crippen molar-refractivity contribution >= 4 is 17.6 Å². The van der Waals surface area contributed by atoms with Crippen LogP contribution in [0.4, 0.5) is 5.82 Å². The number of pyridine rings is 1. The van der Waals surface area contributed by atoms with Crippen LogP contribution < -0.4 is 16.6 Å². The van der Waals surface area contributed by atoms with Gasteiger partial charge >= 0.3 is 0 Å². The Morgan fingerprint density at radius 1 is 1.47 bits per heavy atom. The second-order valence-corrected chi connectivity index (χ2v) is 4.87. The van der Waals surface area contributed by atoms with Crippen LogP contribution in [0.5, 0.6) is 0 Å². The first kappa shape index (κ1) is 13.6. The fourth-order valence-corrected chi connectivity index (χ4v) is 2.19. The molecule has 0 unspecified atom stereocenters. The van der Waals surface area contributed by atoms with Gasteiger partial charge in [-0.2, -0.15) is 0 Å². The quantitative estimate of drug-likeness (QED) is 0.706. The van der Waals surface area contributed by atoms with Crippen LogP contribution in [-0.4, -0.2) is 21.5 Å². The lowest BCUT2D eigenvalue weighted by atomic mass is 10.3. The molecule has 0 aliphatic carbocycles. The highest BCUT2D eigenvalue weighted by molar-refractivity contribution is 7.99. The van der Waals surface area contributed by atoms with E-state index in [0.29, 0.717) is 5.16 Å². The normalized spacial score (nSPS) is 10.6. The number of aromatic nitrogens is 3. The summed E-state index contributed by atoms with van der Waals surface area (Å²) in [4.78, 5) is 22.2. The fraction of sp³-hybridized carbons (Fsp3) is 0.250. The van der Waals surface area contributed by atoms with E-state index in [-0.39, 0.29) is 11.4 Å². The second kappa shape index (κ2) is 6.35. The Balaban J connectivity index is 2.08. The maximum atomic E-state index is 11.3. The number of nitrogens with zero attached hydrogens (tertiary/aromatic N) is 2. The van der Waals surface area contributed by atoms with E-state index < -0.39 is 0 Å². The van der Waals surface area contributed by atoms with Crippen LogP contribution in [0.2, 0.25) is 0 Å². The summed E-state index contributed by atoms with van der Waals surface area (Å²) in [5, 5.41) is 4.43. The number of hydrogen-bond donors (Lipinski definition) is 3. The molecule has 0 spiro atoms. The molecule has 7 heteroatoms. The molecule has 0 radical (unpaired) electrons. The Morgan fingerprint density at radius 3 is 2.95 bits per heavy atom. The van der Waals surface area contributed by atoms with Crippen molar-refractivity contribution in [2.45, 2.75) is 23.7 Å². The van der Waals surface area contributed by atoms with Crippen molar-refractivity contribution in [3.05, 3.63) is 40.3 Å². The molecule has 100 valence electrons. The van der Waals surface area contributed by atoms with Crippen molar-refractivity contribution in [2.75, 3.05) is 12.3 Å². The molecule has 2 aromatic heterocycles. The molecule has 0 bridgehead atoms. The summed E-state index contributed by atoms with van der Waals surface area (Å²) in [5.74, 6) is 0.204. The molecule has 2 heterocycles. The molecule has 2 aromatic rings. The first-order chi connectivity index (χ1) is 9.17. The highest BCUT2D eigenvalue weighted by Gasteiger charge is 2.03. The summed E-state index contributed by atoms with van der Waals surface area (Å²) in [5.41, 5.74) is 6.37. The van der Waals surface area contributed by atoms with Crippen LogP contribution in [0.15, 0.2) is 39.4 Å². The molecule has 0 fully saturated rings. The van der Waals surface area contributed by atoms with E-state index in [1.54, 1.807) is 6.20 Å². The summed E-state index contributed by atoms with van der Waals surface area (Å²) >= 11 is 1.27. The minimum atomic E-state index is -0.265. The van der Waals surface area contributed by atoms with Gasteiger partial charge in [-0.3, -0.25) is 4.79 Å². The van der Waals surface area contributed by atoms with E-state index in [1.165, 1.54) is 17.8 Å². The van der Waals surface area contributed by atoms with E-state index >= 15 is 0 Å². The Labute approximate surface area is 114 Å². The molecule has 0 aliphatic heterocycles. The van der Waals surface area contributed by atoms with Crippen molar-refractivity contribution in [3.8, 4) is 0 Å². The summed E-state index contributed by atoms with van der Waals surface area (Å²) in [6.07, 6.45) is 1.80.